The van der Waals surface area contributed by atoms with Gasteiger partial charge in [0.1, 0.15) is 0 Å². The summed E-state index contributed by atoms with van der Waals surface area (Å²) in [4.78, 5) is 27.7. The highest BCUT2D eigenvalue weighted by molar-refractivity contribution is 6.04. The van der Waals surface area contributed by atoms with Gasteiger partial charge >= 0.3 is 5.69 Å². The largest absolute Gasteiger partial charge is 0.453 e. The van der Waals surface area contributed by atoms with Crippen LogP contribution in [0.1, 0.15) is 34.9 Å². The van der Waals surface area contributed by atoms with E-state index in [1.54, 1.807) is 7.05 Å². The maximum Gasteiger partial charge on any atom is 0.315 e. The molecule has 4 rings (SSSR count). The first-order chi connectivity index (χ1) is 13.0. The van der Waals surface area contributed by atoms with Gasteiger partial charge in [-0.15, -0.1) is 0 Å². The minimum atomic E-state index is -0.609. The van der Waals surface area contributed by atoms with E-state index in [1.807, 2.05) is 0 Å². The van der Waals surface area contributed by atoms with Crippen molar-refractivity contribution in [3.05, 3.63) is 33.6 Å². The quantitative estimate of drug-likeness (QED) is 0.602. The van der Waals surface area contributed by atoms with Crippen LogP contribution in [-0.2, 0) is 7.05 Å². The third kappa shape index (κ3) is 3.28. The average Bonchev–Trinajstić information content (AvgIpc) is 3.28. The van der Waals surface area contributed by atoms with Gasteiger partial charge in [-0.25, -0.2) is 4.68 Å². The summed E-state index contributed by atoms with van der Waals surface area (Å²) in [6.45, 7) is 1.70. The number of aryl methyl sites for hydroxylation is 1. The van der Waals surface area contributed by atoms with Gasteiger partial charge in [0.15, 0.2) is 11.6 Å². The molecular weight excluding hydrogens is 356 g/mol. The van der Waals surface area contributed by atoms with Crippen molar-refractivity contribution >= 4 is 17.5 Å². The van der Waals surface area contributed by atoms with E-state index in [2.05, 4.69) is 20.7 Å². The number of carbonyl (C=O) groups is 1. The van der Waals surface area contributed by atoms with Gasteiger partial charge < -0.3 is 14.8 Å². The number of aromatic nitrogens is 3. The van der Waals surface area contributed by atoms with Crippen molar-refractivity contribution in [3.63, 3.8) is 0 Å². The van der Waals surface area contributed by atoms with Gasteiger partial charge in [-0.1, -0.05) is 0 Å². The lowest BCUT2D eigenvalue weighted by Gasteiger charge is -2.19. The van der Waals surface area contributed by atoms with Crippen LogP contribution in [0.5, 0.6) is 11.5 Å². The third-order valence-corrected chi connectivity index (χ3v) is 4.62. The molecule has 1 aromatic carbocycles. The second kappa shape index (κ2) is 6.83. The molecule has 0 radical (unpaired) electrons. The highest BCUT2D eigenvalue weighted by Crippen LogP contribution is 2.41. The number of carbonyl (C=O) groups excluding carboxylic acids is 1. The molecule has 142 valence electrons. The Morgan fingerprint density at radius 2 is 2.15 bits per heavy atom. The van der Waals surface area contributed by atoms with E-state index in [1.165, 1.54) is 10.7 Å². The molecule has 1 saturated heterocycles. The number of ether oxygens (including phenoxy) is 2. The van der Waals surface area contributed by atoms with Gasteiger partial charge in [0.05, 0.1) is 10.5 Å². The Morgan fingerprint density at radius 3 is 2.89 bits per heavy atom. The Labute approximate surface area is 153 Å². The maximum atomic E-state index is 12.6. The number of hydrogen-bond donors (Lipinski definition) is 2. The molecule has 2 aliphatic rings. The molecule has 1 amide bonds. The lowest BCUT2D eigenvalue weighted by atomic mass is 9.98. The van der Waals surface area contributed by atoms with Crippen molar-refractivity contribution in [2.75, 3.05) is 25.2 Å². The molecule has 2 aromatic rings. The fourth-order valence-electron chi connectivity index (χ4n) is 3.20. The van der Waals surface area contributed by atoms with E-state index in [0.717, 1.165) is 32.0 Å². The minimum Gasteiger partial charge on any atom is -0.453 e. The zero-order valence-electron chi connectivity index (χ0n) is 14.6. The van der Waals surface area contributed by atoms with Gasteiger partial charge in [-0.2, -0.15) is 10.1 Å². The van der Waals surface area contributed by atoms with Gasteiger partial charge in [-0.3, -0.25) is 20.2 Å². The lowest BCUT2D eigenvalue weighted by Crippen LogP contribution is -2.27. The fourth-order valence-corrected chi connectivity index (χ4v) is 3.20. The van der Waals surface area contributed by atoms with Crippen molar-refractivity contribution in [2.24, 2.45) is 7.05 Å². The number of nitrogens with one attached hydrogen (secondary N) is 2. The summed E-state index contributed by atoms with van der Waals surface area (Å²) < 4.78 is 11.8. The van der Waals surface area contributed by atoms with Gasteiger partial charge in [0.25, 0.3) is 5.91 Å². The predicted octanol–water partition coefficient (Wildman–Crippen LogP) is 1.17. The SMILES string of the molecule is Cn1nc(C2CCNCC2)nc1NC(=O)c1cc2c(c([N+](=O)[O-])c1)OCO2. The molecule has 11 heteroatoms. The number of fused-ring (bicyclic) bond motifs is 1. The van der Waals surface area contributed by atoms with Crippen molar-refractivity contribution in [1.82, 2.24) is 20.1 Å². The van der Waals surface area contributed by atoms with Gasteiger partial charge in [0.2, 0.25) is 18.5 Å². The first-order valence-electron chi connectivity index (χ1n) is 8.54. The molecule has 2 N–H and O–H groups in total. The van der Waals surface area contributed by atoms with Crippen LogP contribution in [0.2, 0.25) is 0 Å². The van der Waals surface area contributed by atoms with Crippen molar-refractivity contribution in [3.8, 4) is 11.5 Å². The normalized spacial score (nSPS) is 16.3. The average molecular weight is 374 g/mol. The molecule has 0 aliphatic carbocycles. The monoisotopic (exact) mass is 374 g/mol. The summed E-state index contributed by atoms with van der Waals surface area (Å²) in [5.74, 6) is 0.879. The second-order valence-corrected chi connectivity index (χ2v) is 6.38. The maximum absolute atomic E-state index is 12.6. The Morgan fingerprint density at radius 1 is 1.37 bits per heavy atom. The molecule has 3 heterocycles. The molecule has 0 saturated carbocycles. The molecule has 0 spiro atoms. The molecule has 0 bridgehead atoms. The number of nitro groups is 1. The van der Waals surface area contributed by atoms with Crippen LogP contribution >= 0.6 is 0 Å². The first-order valence-corrected chi connectivity index (χ1v) is 8.54. The second-order valence-electron chi connectivity index (χ2n) is 6.38. The molecule has 27 heavy (non-hydrogen) atoms. The smallest absolute Gasteiger partial charge is 0.315 e. The summed E-state index contributed by atoms with van der Waals surface area (Å²) in [7, 11) is 1.69. The summed E-state index contributed by atoms with van der Waals surface area (Å²) in [5, 5.41) is 21.6. The van der Waals surface area contributed by atoms with E-state index in [-0.39, 0.29) is 41.4 Å². The van der Waals surface area contributed by atoms with Crippen LogP contribution in [0.25, 0.3) is 0 Å². The van der Waals surface area contributed by atoms with Gasteiger partial charge in [0, 0.05) is 19.0 Å². The van der Waals surface area contributed by atoms with E-state index in [0.29, 0.717) is 5.82 Å². The first kappa shape index (κ1) is 17.2. The fraction of sp³-hybridized carbons (Fsp3) is 0.438. The van der Waals surface area contributed by atoms with Gasteiger partial charge in [-0.05, 0) is 32.0 Å². The minimum absolute atomic E-state index is 0.0309. The Balaban J connectivity index is 1.57. The highest BCUT2D eigenvalue weighted by atomic mass is 16.7. The van der Waals surface area contributed by atoms with E-state index >= 15 is 0 Å². The lowest BCUT2D eigenvalue weighted by molar-refractivity contribution is -0.385. The molecule has 2 aliphatic heterocycles. The van der Waals surface area contributed by atoms with Crippen LogP contribution in [-0.4, -0.2) is 45.5 Å². The van der Waals surface area contributed by atoms with Crippen molar-refractivity contribution < 1.29 is 19.2 Å². The summed E-state index contributed by atoms with van der Waals surface area (Å²) in [6.07, 6.45) is 1.87. The summed E-state index contributed by atoms with van der Waals surface area (Å²) in [6, 6.07) is 2.57. The number of nitrogens with zero attached hydrogens (tertiary/aromatic N) is 4. The summed E-state index contributed by atoms with van der Waals surface area (Å²) in [5.41, 5.74) is -0.235. The third-order valence-electron chi connectivity index (χ3n) is 4.62. The van der Waals surface area contributed by atoms with Crippen LogP contribution in [0.4, 0.5) is 11.6 Å². The van der Waals surface area contributed by atoms with E-state index in [4.69, 9.17) is 9.47 Å². The Hall–Kier alpha value is -3.21. The van der Waals surface area contributed by atoms with Crippen LogP contribution in [0, 0.1) is 10.1 Å². The Kier molecular flexibility index (Phi) is 4.36. The number of hydrogen-bond acceptors (Lipinski definition) is 8. The number of amides is 1. The molecule has 0 atom stereocenters. The van der Waals surface area contributed by atoms with Crippen molar-refractivity contribution in [2.45, 2.75) is 18.8 Å². The number of rotatable bonds is 4. The zero-order valence-corrected chi connectivity index (χ0v) is 14.6. The van der Waals surface area contributed by atoms with Crippen LogP contribution < -0.4 is 20.1 Å². The molecular formula is C16H18N6O5. The standard InChI is InChI=1S/C16H18N6O5/c1-21-16(18-14(20-21)9-2-4-17-5-3-9)19-15(23)10-6-11(22(24)25)13-12(7-10)26-8-27-13/h6-7,9,17H,2-5,8H2,1H3,(H,18,19,20,23). The number of nitro benzene ring substituents is 1. The molecule has 11 nitrogen and oxygen atoms in total. The van der Waals surface area contributed by atoms with Crippen molar-refractivity contribution in [1.29, 1.82) is 0 Å². The molecule has 1 fully saturated rings. The van der Waals surface area contributed by atoms with Crippen LogP contribution in [0.3, 0.4) is 0 Å². The Bertz CT molecular complexity index is 905. The molecule has 0 unspecified atom stereocenters. The van der Waals surface area contributed by atoms with Crippen LogP contribution in [0.15, 0.2) is 12.1 Å². The van der Waals surface area contributed by atoms with E-state index < -0.39 is 10.8 Å². The topological polar surface area (TPSA) is 133 Å². The highest BCUT2D eigenvalue weighted by Gasteiger charge is 2.29. The number of piperidine rings is 1. The molecule has 1 aromatic heterocycles. The van der Waals surface area contributed by atoms with E-state index in [9.17, 15) is 14.9 Å². The number of benzene rings is 1. The number of anilines is 1. The zero-order chi connectivity index (χ0) is 19.0. The summed E-state index contributed by atoms with van der Waals surface area (Å²) >= 11 is 0. The predicted molar refractivity (Wildman–Crippen MR) is 93.0 cm³/mol.